The van der Waals surface area contributed by atoms with E-state index in [0.29, 0.717) is 10.4 Å². The third-order valence-electron chi connectivity index (χ3n) is 2.89. The van der Waals surface area contributed by atoms with Crippen molar-refractivity contribution in [2.75, 3.05) is 0 Å². The second kappa shape index (κ2) is 4.53. The third kappa shape index (κ3) is 1.88. The van der Waals surface area contributed by atoms with Crippen LogP contribution in [0.15, 0.2) is 41.3 Å². The molecule has 0 atom stereocenters. The van der Waals surface area contributed by atoms with Gasteiger partial charge in [0, 0.05) is 10.4 Å². The lowest BCUT2D eigenvalue weighted by Gasteiger charge is -1.97. The summed E-state index contributed by atoms with van der Waals surface area (Å²) in [6.07, 6.45) is 1.06. The van der Waals surface area contributed by atoms with Crippen LogP contribution >= 0.6 is 11.3 Å². The fraction of sp³-hybridized carbons (Fsp3) is 0. The van der Waals surface area contributed by atoms with Gasteiger partial charge in [-0.15, -0.1) is 11.3 Å². The molecule has 0 spiro atoms. The Labute approximate surface area is 115 Å². The monoisotopic (exact) mass is 290 g/mol. The molecule has 3 aromatic rings. The van der Waals surface area contributed by atoms with E-state index in [9.17, 15) is 19.3 Å². The number of fused-ring (bicyclic) bond motifs is 1. The van der Waals surface area contributed by atoms with Crippen LogP contribution in [0.4, 0.5) is 10.1 Å². The van der Waals surface area contributed by atoms with E-state index in [2.05, 4.69) is 4.98 Å². The number of nitro groups is 1. The summed E-state index contributed by atoms with van der Waals surface area (Å²) in [6.45, 7) is 0. The lowest BCUT2D eigenvalue weighted by molar-refractivity contribution is -0.383. The number of nitrogens with one attached hydrogen (secondary N) is 1. The van der Waals surface area contributed by atoms with Crippen LogP contribution in [0.5, 0.6) is 0 Å². The molecule has 3 rings (SSSR count). The highest BCUT2D eigenvalue weighted by molar-refractivity contribution is 7.22. The zero-order valence-corrected chi connectivity index (χ0v) is 10.7. The molecule has 2 heterocycles. The van der Waals surface area contributed by atoms with Crippen LogP contribution in [0, 0.1) is 15.9 Å². The van der Waals surface area contributed by atoms with E-state index in [0.717, 1.165) is 17.5 Å². The fourth-order valence-corrected chi connectivity index (χ4v) is 3.13. The van der Waals surface area contributed by atoms with Crippen LogP contribution < -0.4 is 5.56 Å². The molecule has 100 valence electrons. The van der Waals surface area contributed by atoms with Crippen LogP contribution in [0.2, 0.25) is 0 Å². The minimum absolute atomic E-state index is 0.188. The van der Waals surface area contributed by atoms with Crippen molar-refractivity contribution < 1.29 is 9.31 Å². The van der Waals surface area contributed by atoms with Crippen LogP contribution in [0.1, 0.15) is 0 Å². The maximum Gasteiger partial charge on any atom is 0.303 e. The number of benzene rings is 1. The summed E-state index contributed by atoms with van der Waals surface area (Å²) < 4.78 is 14.0. The zero-order valence-electron chi connectivity index (χ0n) is 9.92. The molecule has 5 nitrogen and oxygen atoms in total. The van der Waals surface area contributed by atoms with Gasteiger partial charge in [-0.05, 0) is 12.1 Å². The molecule has 0 bridgehead atoms. The Kier molecular flexibility index (Phi) is 2.83. The standard InChI is InChI=1S/C13H7FN2O3S/c14-9-4-2-1-3-7(9)11-5-8-12(20-11)10(16(18)19)6-15-13(8)17/h1-6H,(H,15,17). The molecule has 20 heavy (non-hydrogen) atoms. The molecule has 0 saturated heterocycles. The molecule has 0 saturated carbocycles. The SMILES string of the molecule is O=c1[nH]cc([N+](=O)[O-])c2sc(-c3ccccc3F)cc12. The van der Waals surface area contributed by atoms with Crippen molar-refractivity contribution in [3.05, 3.63) is 62.8 Å². The number of hydrogen-bond donors (Lipinski definition) is 1. The number of hydrogen-bond acceptors (Lipinski definition) is 4. The number of thiophene rings is 1. The van der Waals surface area contributed by atoms with Crippen molar-refractivity contribution in [2.24, 2.45) is 0 Å². The van der Waals surface area contributed by atoms with Gasteiger partial charge in [-0.3, -0.25) is 14.9 Å². The van der Waals surface area contributed by atoms with Gasteiger partial charge in [-0.2, -0.15) is 0 Å². The van der Waals surface area contributed by atoms with Gasteiger partial charge in [-0.25, -0.2) is 4.39 Å². The average molecular weight is 290 g/mol. The van der Waals surface area contributed by atoms with Crippen LogP contribution in [-0.4, -0.2) is 9.91 Å². The van der Waals surface area contributed by atoms with Gasteiger partial charge in [0.25, 0.3) is 5.56 Å². The number of aromatic nitrogens is 1. The van der Waals surface area contributed by atoms with E-state index >= 15 is 0 Å². The van der Waals surface area contributed by atoms with E-state index < -0.39 is 16.3 Å². The normalized spacial score (nSPS) is 10.8. The lowest BCUT2D eigenvalue weighted by atomic mass is 10.1. The predicted molar refractivity (Wildman–Crippen MR) is 74.5 cm³/mol. The minimum Gasteiger partial charge on any atom is -0.322 e. The first-order valence-electron chi connectivity index (χ1n) is 5.62. The van der Waals surface area contributed by atoms with Gasteiger partial charge in [0.15, 0.2) is 0 Å². The van der Waals surface area contributed by atoms with Crippen LogP contribution in [-0.2, 0) is 0 Å². The molecule has 0 aliphatic rings. The highest BCUT2D eigenvalue weighted by Gasteiger charge is 2.19. The summed E-state index contributed by atoms with van der Waals surface area (Å²) >= 11 is 1.03. The first-order chi connectivity index (χ1) is 9.58. The summed E-state index contributed by atoms with van der Waals surface area (Å²) in [7, 11) is 0. The topological polar surface area (TPSA) is 76.0 Å². The number of rotatable bonds is 2. The van der Waals surface area contributed by atoms with Crippen molar-refractivity contribution in [3.63, 3.8) is 0 Å². The van der Waals surface area contributed by atoms with Gasteiger partial charge >= 0.3 is 5.69 Å². The van der Waals surface area contributed by atoms with Crippen LogP contribution in [0.3, 0.4) is 0 Å². The first-order valence-corrected chi connectivity index (χ1v) is 6.44. The number of halogens is 1. The Morgan fingerprint density at radius 2 is 2.05 bits per heavy atom. The Bertz CT molecular complexity index is 885. The van der Waals surface area contributed by atoms with Crippen molar-refractivity contribution >= 4 is 27.1 Å². The highest BCUT2D eigenvalue weighted by Crippen LogP contribution is 2.37. The van der Waals surface area contributed by atoms with E-state index in [-0.39, 0.29) is 15.8 Å². The number of H-pyrrole nitrogens is 1. The third-order valence-corrected chi connectivity index (χ3v) is 4.08. The summed E-state index contributed by atoms with van der Waals surface area (Å²) in [5, 5.41) is 11.2. The van der Waals surface area contributed by atoms with E-state index in [1.54, 1.807) is 18.2 Å². The number of nitrogens with zero attached hydrogens (tertiary/aromatic N) is 1. The highest BCUT2D eigenvalue weighted by atomic mass is 32.1. The van der Waals surface area contributed by atoms with Gasteiger partial charge in [0.05, 0.1) is 16.5 Å². The molecular formula is C13H7FN2O3S. The molecular weight excluding hydrogens is 283 g/mol. The van der Waals surface area contributed by atoms with Gasteiger partial charge < -0.3 is 4.98 Å². The summed E-state index contributed by atoms with van der Waals surface area (Å²) in [6, 6.07) is 7.57. The minimum atomic E-state index is -0.570. The van der Waals surface area contributed by atoms with Crippen molar-refractivity contribution in [3.8, 4) is 10.4 Å². The van der Waals surface area contributed by atoms with Crippen LogP contribution in [0.25, 0.3) is 20.5 Å². The molecule has 0 unspecified atom stereocenters. The Hall–Kier alpha value is -2.54. The van der Waals surface area contributed by atoms with E-state index in [1.165, 1.54) is 12.1 Å². The molecule has 0 radical (unpaired) electrons. The average Bonchev–Trinajstić information content (AvgIpc) is 2.84. The molecule has 2 aromatic heterocycles. The Morgan fingerprint density at radius 1 is 1.30 bits per heavy atom. The van der Waals surface area contributed by atoms with E-state index in [4.69, 9.17) is 0 Å². The molecule has 7 heteroatoms. The van der Waals surface area contributed by atoms with Gasteiger partial charge in [-0.1, -0.05) is 18.2 Å². The van der Waals surface area contributed by atoms with Crippen molar-refractivity contribution in [2.45, 2.75) is 0 Å². The lowest BCUT2D eigenvalue weighted by Crippen LogP contribution is -2.05. The largest absolute Gasteiger partial charge is 0.322 e. The van der Waals surface area contributed by atoms with Crippen molar-refractivity contribution in [1.29, 1.82) is 0 Å². The maximum absolute atomic E-state index is 13.8. The second-order valence-corrected chi connectivity index (χ2v) is 5.15. The number of pyridine rings is 1. The molecule has 1 N–H and O–H groups in total. The Balaban J connectivity index is 2.34. The quantitative estimate of drug-likeness (QED) is 0.581. The second-order valence-electron chi connectivity index (χ2n) is 4.09. The Morgan fingerprint density at radius 3 is 2.75 bits per heavy atom. The molecule has 1 aromatic carbocycles. The summed E-state index contributed by atoms with van der Waals surface area (Å²) in [5.74, 6) is -0.432. The summed E-state index contributed by atoms with van der Waals surface area (Å²) in [4.78, 5) is 24.9. The summed E-state index contributed by atoms with van der Waals surface area (Å²) in [5.41, 5.74) is -0.293. The van der Waals surface area contributed by atoms with E-state index in [1.807, 2.05) is 0 Å². The molecule has 0 fully saturated rings. The number of aromatic amines is 1. The molecule has 0 aliphatic heterocycles. The predicted octanol–water partition coefficient (Wildman–Crippen LogP) is 3.30. The van der Waals surface area contributed by atoms with Gasteiger partial charge in [0.1, 0.15) is 10.5 Å². The first kappa shape index (κ1) is 12.5. The molecule has 0 aliphatic carbocycles. The smallest absolute Gasteiger partial charge is 0.303 e. The van der Waals surface area contributed by atoms with Gasteiger partial charge in [0.2, 0.25) is 0 Å². The maximum atomic E-state index is 13.8. The fourth-order valence-electron chi connectivity index (χ4n) is 1.96. The van der Waals surface area contributed by atoms with Crippen molar-refractivity contribution in [1.82, 2.24) is 4.98 Å². The molecule has 0 amide bonds. The zero-order chi connectivity index (χ0) is 14.3.